The van der Waals surface area contributed by atoms with Crippen LogP contribution in [0.4, 0.5) is 17.3 Å². The fourth-order valence-corrected chi connectivity index (χ4v) is 3.05. The van der Waals surface area contributed by atoms with Crippen molar-refractivity contribution in [3.63, 3.8) is 0 Å². The van der Waals surface area contributed by atoms with Crippen LogP contribution in [0.15, 0.2) is 58.3 Å². The minimum atomic E-state index is -0.488. The zero-order chi connectivity index (χ0) is 22.9. The number of hydrogen-bond acceptors (Lipinski definition) is 6. The molecule has 0 amide bonds. The molecule has 0 atom stereocenters. The van der Waals surface area contributed by atoms with Crippen LogP contribution in [0.5, 0.6) is 0 Å². The summed E-state index contributed by atoms with van der Waals surface area (Å²) in [5.74, 6) is 0.828. The van der Waals surface area contributed by atoms with E-state index in [1.807, 2.05) is 41.1 Å². The number of rotatable bonds is 6. The molecule has 0 radical (unpaired) electrons. The molecule has 0 bridgehead atoms. The molecule has 0 saturated heterocycles. The van der Waals surface area contributed by atoms with Gasteiger partial charge in [-0.05, 0) is 12.1 Å². The number of nitrogens with two attached hydrogens (primary N) is 1. The summed E-state index contributed by atoms with van der Waals surface area (Å²) in [4.78, 5) is 24.4. The number of aromatic nitrogens is 4. The van der Waals surface area contributed by atoms with Gasteiger partial charge in [0, 0.05) is 31.3 Å². The van der Waals surface area contributed by atoms with Crippen molar-refractivity contribution in [3.8, 4) is 5.69 Å². The molecule has 9 heteroatoms. The topological polar surface area (TPSA) is 112 Å². The van der Waals surface area contributed by atoms with E-state index in [9.17, 15) is 9.59 Å². The Bertz CT molecular complexity index is 1230. The lowest BCUT2D eigenvalue weighted by atomic mass is 9.92. The maximum Gasteiger partial charge on any atom is 0.332 e. The van der Waals surface area contributed by atoms with E-state index in [2.05, 4.69) is 38.0 Å². The molecule has 2 heterocycles. The van der Waals surface area contributed by atoms with Crippen molar-refractivity contribution < 1.29 is 0 Å². The van der Waals surface area contributed by atoms with Crippen LogP contribution in [0.1, 0.15) is 26.5 Å². The highest BCUT2D eigenvalue weighted by Gasteiger charge is 2.21. The summed E-state index contributed by atoms with van der Waals surface area (Å²) in [7, 11) is 2.93. The summed E-state index contributed by atoms with van der Waals surface area (Å²) in [5, 5.41) is 11.0. The minimum Gasteiger partial charge on any atom is -0.383 e. The third-order valence-corrected chi connectivity index (χ3v) is 4.97. The summed E-state index contributed by atoms with van der Waals surface area (Å²) < 4.78 is 4.06. The van der Waals surface area contributed by atoms with E-state index in [0.717, 1.165) is 21.8 Å². The van der Waals surface area contributed by atoms with E-state index in [0.29, 0.717) is 5.70 Å². The third kappa shape index (κ3) is 4.40. The molecular formula is C22H29N7O2. The zero-order valence-electron chi connectivity index (χ0n) is 18.6. The number of benzene rings is 1. The average molecular weight is 424 g/mol. The molecule has 0 aliphatic rings. The van der Waals surface area contributed by atoms with Crippen LogP contribution in [0, 0.1) is 0 Å². The summed E-state index contributed by atoms with van der Waals surface area (Å²) in [6, 6.07) is 11.8. The monoisotopic (exact) mass is 423 g/mol. The van der Waals surface area contributed by atoms with Gasteiger partial charge in [-0.15, -0.1) is 0 Å². The highest BCUT2D eigenvalue weighted by molar-refractivity contribution is 5.61. The first-order valence-electron chi connectivity index (χ1n) is 9.91. The Balaban J connectivity index is 1.86. The minimum absolute atomic E-state index is 0.0743. The molecule has 2 aromatic heterocycles. The molecule has 0 saturated carbocycles. The maximum atomic E-state index is 12.4. The van der Waals surface area contributed by atoms with Crippen LogP contribution in [0.2, 0.25) is 0 Å². The molecule has 9 nitrogen and oxygen atoms in total. The van der Waals surface area contributed by atoms with Gasteiger partial charge >= 0.3 is 5.69 Å². The molecule has 0 aliphatic carbocycles. The van der Waals surface area contributed by atoms with E-state index in [4.69, 9.17) is 10.8 Å². The molecule has 0 aliphatic heterocycles. The van der Waals surface area contributed by atoms with Gasteiger partial charge in [-0.25, -0.2) is 9.48 Å². The predicted octanol–water partition coefficient (Wildman–Crippen LogP) is 2.19. The third-order valence-electron chi connectivity index (χ3n) is 4.97. The molecular weight excluding hydrogens is 394 g/mol. The first kappa shape index (κ1) is 21.9. The van der Waals surface area contributed by atoms with Gasteiger partial charge in [0.05, 0.1) is 17.9 Å². The van der Waals surface area contributed by atoms with Crippen LogP contribution >= 0.6 is 0 Å². The van der Waals surface area contributed by atoms with Crippen LogP contribution in [-0.2, 0) is 19.5 Å². The molecule has 1 aromatic carbocycles. The number of nitrogens with zero attached hydrogens (tertiary/aromatic N) is 4. The molecule has 4 N–H and O–H groups in total. The molecule has 31 heavy (non-hydrogen) atoms. The second-order valence-electron chi connectivity index (χ2n) is 8.46. The number of para-hydroxylation sites is 1. The van der Waals surface area contributed by atoms with E-state index in [1.165, 1.54) is 18.7 Å². The van der Waals surface area contributed by atoms with Gasteiger partial charge in [0.25, 0.3) is 5.56 Å². The SMILES string of the molecule is C=C(CNc1c(N)n(C)c(=O)n(C)c1=O)Nc1cc(C(C)(C)C)nn1-c1ccccc1. The smallest absolute Gasteiger partial charge is 0.332 e. The number of nitrogens with one attached hydrogen (secondary N) is 2. The number of nitrogen functional groups attached to an aromatic ring is 1. The van der Waals surface area contributed by atoms with E-state index >= 15 is 0 Å². The van der Waals surface area contributed by atoms with E-state index in [1.54, 1.807) is 0 Å². The number of anilines is 3. The van der Waals surface area contributed by atoms with Gasteiger partial charge < -0.3 is 16.4 Å². The van der Waals surface area contributed by atoms with Crippen molar-refractivity contribution in [1.82, 2.24) is 18.9 Å². The Labute approximate surface area is 180 Å². The van der Waals surface area contributed by atoms with Crippen molar-refractivity contribution in [1.29, 1.82) is 0 Å². The van der Waals surface area contributed by atoms with Crippen LogP contribution in [-0.4, -0.2) is 25.5 Å². The largest absolute Gasteiger partial charge is 0.383 e. The lowest BCUT2D eigenvalue weighted by Crippen LogP contribution is -2.39. The molecule has 0 spiro atoms. The van der Waals surface area contributed by atoms with Crippen molar-refractivity contribution in [2.75, 3.05) is 22.9 Å². The average Bonchev–Trinajstić information content (AvgIpc) is 3.15. The van der Waals surface area contributed by atoms with E-state index < -0.39 is 11.2 Å². The van der Waals surface area contributed by atoms with Crippen molar-refractivity contribution in [2.45, 2.75) is 26.2 Å². The van der Waals surface area contributed by atoms with Gasteiger partial charge in [-0.3, -0.25) is 13.9 Å². The van der Waals surface area contributed by atoms with Gasteiger partial charge in [-0.2, -0.15) is 5.10 Å². The second kappa shape index (κ2) is 8.17. The molecule has 164 valence electrons. The van der Waals surface area contributed by atoms with Gasteiger partial charge in [0.2, 0.25) is 0 Å². The van der Waals surface area contributed by atoms with Crippen molar-refractivity contribution in [3.05, 3.63) is 75.2 Å². The highest BCUT2D eigenvalue weighted by atomic mass is 16.2. The summed E-state index contributed by atoms with van der Waals surface area (Å²) in [5.41, 5.74) is 7.46. The summed E-state index contributed by atoms with van der Waals surface area (Å²) >= 11 is 0. The van der Waals surface area contributed by atoms with Gasteiger partial charge in [0.1, 0.15) is 17.3 Å². The molecule has 0 fully saturated rings. The van der Waals surface area contributed by atoms with Crippen LogP contribution in [0.3, 0.4) is 0 Å². The quantitative estimate of drug-likeness (QED) is 0.560. The molecule has 3 rings (SSSR count). The lowest BCUT2D eigenvalue weighted by Gasteiger charge is -2.15. The normalized spacial score (nSPS) is 11.4. The molecule has 3 aromatic rings. The van der Waals surface area contributed by atoms with Gasteiger partial charge in [0.15, 0.2) is 0 Å². The maximum absolute atomic E-state index is 12.4. The Morgan fingerprint density at radius 2 is 1.77 bits per heavy atom. The standard InChI is InChI=1S/C22H29N7O2/c1-14(13-24-18-19(23)27(5)21(31)28(6)20(18)30)25-17-12-16(22(2,3)4)26-29(17)15-10-8-7-9-11-15/h7-12,24-25H,1,13,23H2,2-6H3. The summed E-state index contributed by atoms with van der Waals surface area (Å²) in [6.07, 6.45) is 0. The first-order valence-corrected chi connectivity index (χ1v) is 9.91. The zero-order valence-corrected chi connectivity index (χ0v) is 18.6. The first-order chi connectivity index (χ1) is 14.5. The lowest BCUT2D eigenvalue weighted by molar-refractivity contribution is 0.560. The Morgan fingerprint density at radius 1 is 1.13 bits per heavy atom. The fraction of sp³-hybridized carbons (Fsp3) is 0.318. The Kier molecular flexibility index (Phi) is 5.79. The Hall–Kier alpha value is -3.75. The highest BCUT2D eigenvalue weighted by Crippen LogP contribution is 2.27. The molecule has 0 unspecified atom stereocenters. The van der Waals surface area contributed by atoms with Crippen LogP contribution < -0.4 is 27.6 Å². The number of hydrogen-bond donors (Lipinski definition) is 3. The fourth-order valence-electron chi connectivity index (χ4n) is 3.05. The van der Waals surface area contributed by atoms with Crippen LogP contribution in [0.25, 0.3) is 5.69 Å². The van der Waals surface area contributed by atoms with Crippen molar-refractivity contribution >= 4 is 17.3 Å². The van der Waals surface area contributed by atoms with Crippen molar-refractivity contribution in [2.24, 2.45) is 14.1 Å². The predicted molar refractivity (Wildman–Crippen MR) is 125 cm³/mol. The summed E-state index contributed by atoms with van der Waals surface area (Å²) in [6.45, 7) is 10.6. The second-order valence-corrected chi connectivity index (χ2v) is 8.46. The van der Waals surface area contributed by atoms with Gasteiger partial charge in [-0.1, -0.05) is 45.5 Å². The van der Waals surface area contributed by atoms with E-state index in [-0.39, 0.29) is 23.5 Å². The Morgan fingerprint density at radius 3 is 2.39 bits per heavy atom.